The van der Waals surface area contributed by atoms with Crippen molar-refractivity contribution in [2.45, 2.75) is 57.9 Å². The van der Waals surface area contributed by atoms with Crippen LogP contribution in [0.5, 0.6) is 0 Å². The molecule has 0 aromatic carbocycles. The van der Waals surface area contributed by atoms with Gasteiger partial charge < -0.3 is 10.6 Å². The molecule has 0 aromatic rings. The smallest absolute Gasteiger partial charge is 0.226 e. The molecule has 3 nitrogen and oxygen atoms in total. The molecule has 0 heterocycles. The van der Waals surface area contributed by atoms with E-state index < -0.39 is 0 Å². The first-order chi connectivity index (χ1) is 8.22. The maximum absolute atomic E-state index is 12.3. The molecule has 18 heavy (non-hydrogen) atoms. The second-order valence-electron chi connectivity index (χ2n) is 5.86. The lowest BCUT2D eigenvalue weighted by molar-refractivity contribution is -0.136. The minimum Gasteiger partial charge on any atom is -0.339 e. The van der Waals surface area contributed by atoms with E-state index in [1.54, 1.807) is 0 Å². The lowest BCUT2D eigenvalue weighted by Gasteiger charge is -2.31. The molecule has 0 saturated heterocycles. The Morgan fingerprint density at radius 2 is 1.83 bits per heavy atom. The summed E-state index contributed by atoms with van der Waals surface area (Å²) in [5.41, 5.74) is 5.62. The van der Waals surface area contributed by atoms with E-state index in [4.69, 9.17) is 5.73 Å². The van der Waals surface area contributed by atoms with Crippen molar-refractivity contribution in [3.8, 4) is 0 Å². The number of hydrogen-bond donors (Lipinski definition) is 1. The highest BCUT2D eigenvalue weighted by Crippen LogP contribution is 2.32. The van der Waals surface area contributed by atoms with Crippen molar-refractivity contribution in [3.05, 3.63) is 0 Å². The highest BCUT2D eigenvalue weighted by molar-refractivity contribution is 5.85. The molecular weight excluding hydrogens is 248 g/mol. The highest BCUT2D eigenvalue weighted by Gasteiger charge is 2.35. The van der Waals surface area contributed by atoms with Crippen LogP contribution in [0.2, 0.25) is 0 Å². The first-order valence-electron chi connectivity index (χ1n) is 7.23. The SMILES string of the molecule is CC(CN)C(=O)N(CC1CCCCC1)C1CC1.Cl. The maximum Gasteiger partial charge on any atom is 0.226 e. The monoisotopic (exact) mass is 274 g/mol. The second kappa shape index (κ2) is 7.34. The molecule has 0 spiro atoms. The molecule has 106 valence electrons. The van der Waals surface area contributed by atoms with Gasteiger partial charge in [0.25, 0.3) is 0 Å². The van der Waals surface area contributed by atoms with Crippen LogP contribution >= 0.6 is 12.4 Å². The molecule has 1 atom stereocenters. The van der Waals surface area contributed by atoms with E-state index in [9.17, 15) is 4.79 Å². The zero-order chi connectivity index (χ0) is 12.3. The fourth-order valence-corrected chi connectivity index (χ4v) is 2.84. The van der Waals surface area contributed by atoms with Crippen molar-refractivity contribution in [2.24, 2.45) is 17.6 Å². The van der Waals surface area contributed by atoms with Gasteiger partial charge in [0.15, 0.2) is 0 Å². The molecule has 2 aliphatic carbocycles. The molecule has 0 aromatic heterocycles. The Bertz CT molecular complexity index is 263. The fraction of sp³-hybridized carbons (Fsp3) is 0.929. The Labute approximate surface area is 117 Å². The van der Waals surface area contributed by atoms with Crippen molar-refractivity contribution in [2.75, 3.05) is 13.1 Å². The molecule has 2 saturated carbocycles. The van der Waals surface area contributed by atoms with Gasteiger partial charge in [0, 0.05) is 25.0 Å². The third-order valence-corrected chi connectivity index (χ3v) is 4.23. The standard InChI is InChI=1S/C14H26N2O.ClH/c1-11(9-15)14(17)16(13-7-8-13)10-12-5-3-2-4-6-12;/h11-13H,2-10,15H2,1H3;1H. The normalized spacial score (nSPS) is 22.1. The number of amides is 1. The lowest BCUT2D eigenvalue weighted by atomic mass is 9.88. The third kappa shape index (κ3) is 4.13. The van der Waals surface area contributed by atoms with Crippen LogP contribution in [-0.2, 0) is 4.79 Å². The summed E-state index contributed by atoms with van der Waals surface area (Å²) in [6.07, 6.45) is 9.12. The van der Waals surface area contributed by atoms with Gasteiger partial charge in [-0.1, -0.05) is 26.2 Å². The van der Waals surface area contributed by atoms with Crippen LogP contribution in [0.15, 0.2) is 0 Å². The van der Waals surface area contributed by atoms with Crippen molar-refractivity contribution in [1.29, 1.82) is 0 Å². The summed E-state index contributed by atoms with van der Waals surface area (Å²) in [7, 11) is 0. The average molecular weight is 275 g/mol. The van der Waals surface area contributed by atoms with Gasteiger partial charge in [-0.25, -0.2) is 0 Å². The minimum atomic E-state index is -0.000749. The van der Waals surface area contributed by atoms with Gasteiger partial charge in [0.05, 0.1) is 0 Å². The maximum atomic E-state index is 12.3. The van der Waals surface area contributed by atoms with Crippen molar-refractivity contribution >= 4 is 18.3 Å². The van der Waals surface area contributed by atoms with E-state index in [0.717, 1.165) is 12.5 Å². The van der Waals surface area contributed by atoms with Crippen LogP contribution in [0, 0.1) is 11.8 Å². The van der Waals surface area contributed by atoms with Crippen LogP contribution in [0.4, 0.5) is 0 Å². The van der Waals surface area contributed by atoms with Crippen LogP contribution in [-0.4, -0.2) is 29.9 Å². The average Bonchev–Trinajstić information content (AvgIpc) is 3.19. The molecule has 0 aliphatic heterocycles. The molecule has 0 bridgehead atoms. The van der Waals surface area contributed by atoms with Crippen molar-refractivity contribution < 1.29 is 4.79 Å². The van der Waals surface area contributed by atoms with E-state index in [1.165, 1.54) is 44.9 Å². The number of hydrogen-bond acceptors (Lipinski definition) is 2. The second-order valence-corrected chi connectivity index (χ2v) is 5.86. The molecular formula is C14H27ClN2O. The predicted molar refractivity (Wildman–Crippen MR) is 76.8 cm³/mol. The third-order valence-electron chi connectivity index (χ3n) is 4.23. The molecule has 2 aliphatic rings. The summed E-state index contributed by atoms with van der Waals surface area (Å²) >= 11 is 0. The fourth-order valence-electron chi connectivity index (χ4n) is 2.84. The Hall–Kier alpha value is -0.280. The van der Waals surface area contributed by atoms with Crippen LogP contribution in [0.1, 0.15) is 51.9 Å². The van der Waals surface area contributed by atoms with Crippen molar-refractivity contribution in [1.82, 2.24) is 4.90 Å². The van der Waals surface area contributed by atoms with E-state index >= 15 is 0 Å². The van der Waals surface area contributed by atoms with E-state index in [0.29, 0.717) is 18.5 Å². The first-order valence-corrected chi connectivity index (χ1v) is 7.23. The van der Waals surface area contributed by atoms with E-state index in [1.807, 2.05) is 6.92 Å². The van der Waals surface area contributed by atoms with Gasteiger partial charge in [-0.3, -0.25) is 4.79 Å². The zero-order valence-corrected chi connectivity index (χ0v) is 12.3. The highest BCUT2D eigenvalue weighted by atomic mass is 35.5. The van der Waals surface area contributed by atoms with Gasteiger partial charge >= 0.3 is 0 Å². The number of carbonyl (C=O) groups is 1. The lowest BCUT2D eigenvalue weighted by Crippen LogP contribution is -2.42. The molecule has 2 fully saturated rings. The van der Waals surface area contributed by atoms with Crippen molar-refractivity contribution in [3.63, 3.8) is 0 Å². The Morgan fingerprint density at radius 1 is 1.22 bits per heavy atom. The quantitative estimate of drug-likeness (QED) is 0.838. The Morgan fingerprint density at radius 3 is 2.33 bits per heavy atom. The van der Waals surface area contributed by atoms with E-state index in [-0.39, 0.29) is 18.3 Å². The number of nitrogens with zero attached hydrogens (tertiary/aromatic N) is 1. The van der Waals surface area contributed by atoms with Gasteiger partial charge in [0.1, 0.15) is 0 Å². The predicted octanol–water partition coefficient (Wildman–Crippen LogP) is 2.57. The number of rotatable bonds is 5. The van der Waals surface area contributed by atoms with Gasteiger partial charge in [-0.15, -0.1) is 12.4 Å². The van der Waals surface area contributed by atoms with Gasteiger partial charge in [-0.05, 0) is 31.6 Å². The first kappa shape index (κ1) is 15.8. The number of carbonyl (C=O) groups excluding carboxylic acids is 1. The van der Waals surface area contributed by atoms with Gasteiger partial charge in [-0.2, -0.15) is 0 Å². The molecule has 1 amide bonds. The summed E-state index contributed by atoms with van der Waals surface area (Å²) in [6, 6.07) is 0.540. The largest absolute Gasteiger partial charge is 0.339 e. The summed E-state index contributed by atoms with van der Waals surface area (Å²) in [5, 5.41) is 0. The molecule has 2 N–H and O–H groups in total. The molecule has 1 unspecified atom stereocenters. The Kier molecular flexibility index (Phi) is 6.44. The van der Waals surface area contributed by atoms with Crippen LogP contribution in [0.25, 0.3) is 0 Å². The van der Waals surface area contributed by atoms with Crippen LogP contribution in [0.3, 0.4) is 0 Å². The number of halogens is 1. The summed E-state index contributed by atoms with van der Waals surface area (Å²) in [5.74, 6) is 1.04. The number of nitrogens with two attached hydrogens (primary N) is 1. The summed E-state index contributed by atoms with van der Waals surface area (Å²) in [6.45, 7) is 3.43. The van der Waals surface area contributed by atoms with Crippen LogP contribution < -0.4 is 5.73 Å². The van der Waals surface area contributed by atoms with Gasteiger partial charge in [0.2, 0.25) is 5.91 Å². The summed E-state index contributed by atoms with van der Waals surface area (Å²) < 4.78 is 0. The van der Waals surface area contributed by atoms with E-state index in [2.05, 4.69) is 4.90 Å². The minimum absolute atomic E-state index is 0. The summed E-state index contributed by atoms with van der Waals surface area (Å²) in [4.78, 5) is 14.4. The molecule has 0 radical (unpaired) electrons. The molecule has 4 heteroatoms. The zero-order valence-electron chi connectivity index (χ0n) is 11.4. The Balaban J connectivity index is 0.00000162. The molecule has 2 rings (SSSR count). The topological polar surface area (TPSA) is 46.3 Å².